The van der Waals surface area contributed by atoms with E-state index in [1.165, 1.54) is 11.8 Å². The van der Waals surface area contributed by atoms with Gasteiger partial charge < -0.3 is 9.72 Å². The number of nitriles is 1. The molecule has 6 heteroatoms. The number of ether oxygens (including phenoxy) is 1. The van der Waals surface area contributed by atoms with E-state index < -0.39 is 5.56 Å². The van der Waals surface area contributed by atoms with Crippen molar-refractivity contribution in [2.45, 2.75) is 31.0 Å². The Morgan fingerprint density at radius 2 is 2.23 bits per heavy atom. The second kappa shape index (κ2) is 5.18. The summed E-state index contributed by atoms with van der Waals surface area (Å²) in [4.78, 5) is 19.0. The number of thioether (sulfide) groups is 1. The first kappa shape index (κ1) is 14.7. The molecule has 0 atom stereocenters. The average Bonchev–Trinajstić information content (AvgIpc) is 2.78. The molecule has 0 unspecified atom stereocenters. The van der Waals surface area contributed by atoms with E-state index in [-0.39, 0.29) is 11.2 Å². The van der Waals surface area contributed by atoms with Crippen molar-refractivity contribution >= 4 is 11.8 Å². The highest BCUT2D eigenvalue weighted by atomic mass is 32.2. The first-order valence-corrected chi connectivity index (χ1v) is 8.07. The molecule has 3 rings (SSSR count). The zero-order chi connectivity index (χ0) is 15.9. The van der Waals surface area contributed by atoms with Gasteiger partial charge in [0.15, 0.2) is 5.16 Å². The van der Waals surface area contributed by atoms with Gasteiger partial charge in [-0.15, -0.1) is 0 Å². The van der Waals surface area contributed by atoms with Crippen LogP contribution in [0.3, 0.4) is 0 Å². The number of aromatic nitrogens is 2. The second-order valence-corrected chi connectivity index (χ2v) is 6.57. The molecule has 0 aliphatic carbocycles. The average molecular weight is 313 g/mol. The third-order valence-electron chi connectivity index (χ3n) is 3.54. The highest BCUT2D eigenvalue weighted by Crippen LogP contribution is 2.37. The predicted molar refractivity (Wildman–Crippen MR) is 85.2 cm³/mol. The van der Waals surface area contributed by atoms with Crippen molar-refractivity contribution in [2.75, 3.05) is 6.26 Å². The molecule has 1 aliphatic heterocycles. The van der Waals surface area contributed by atoms with Crippen molar-refractivity contribution < 1.29 is 4.74 Å². The number of fused-ring (bicyclic) bond motifs is 1. The van der Waals surface area contributed by atoms with Gasteiger partial charge in [0, 0.05) is 12.0 Å². The van der Waals surface area contributed by atoms with Crippen LogP contribution in [0.4, 0.5) is 0 Å². The lowest BCUT2D eigenvalue weighted by molar-refractivity contribution is 0.138. The van der Waals surface area contributed by atoms with Crippen LogP contribution >= 0.6 is 11.8 Å². The van der Waals surface area contributed by atoms with Gasteiger partial charge in [0.2, 0.25) is 0 Å². The molecule has 0 saturated heterocycles. The minimum absolute atomic E-state index is 0.0379. The summed E-state index contributed by atoms with van der Waals surface area (Å²) >= 11 is 1.34. The first-order valence-electron chi connectivity index (χ1n) is 6.84. The topological polar surface area (TPSA) is 78.8 Å². The first-order chi connectivity index (χ1) is 10.4. The molecule has 1 N–H and O–H groups in total. The largest absolute Gasteiger partial charge is 0.487 e. The molecule has 0 spiro atoms. The van der Waals surface area contributed by atoms with Crippen molar-refractivity contribution in [1.82, 2.24) is 9.97 Å². The standard InChI is InChI=1S/C16H15N3O2S/c1-16(2)7-10-6-9(4-5-12(10)21-16)13-11(8-17)14(20)19-15(18-13)22-3/h4-6H,7H2,1-3H3,(H,18,19,20). The molecule has 22 heavy (non-hydrogen) atoms. The van der Waals surface area contributed by atoms with Crippen LogP contribution < -0.4 is 10.3 Å². The Morgan fingerprint density at radius 1 is 1.45 bits per heavy atom. The maximum atomic E-state index is 12.0. The zero-order valence-electron chi connectivity index (χ0n) is 12.6. The number of H-pyrrole nitrogens is 1. The van der Waals surface area contributed by atoms with Gasteiger partial charge in [-0.3, -0.25) is 4.79 Å². The van der Waals surface area contributed by atoms with E-state index in [9.17, 15) is 10.1 Å². The number of nitrogens with zero attached hydrogens (tertiary/aromatic N) is 2. The summed E-state index contributed by atoms with van der Waals surface area (Å²) in [5.41, 5.74) is 1.65. The fourth-order valence-electron chi connectivity index (χ4n) is 2.62. The van der Waals surface area contributed by atoms with Crippen molar-refractivity contribution in [1.29, 1.82) is 5.26 Å². The van der Waals surface area contributed by atoms with E-state index in [0.717, 1.165) is 23.3 Å². The van der Waals surface area contributed by atoms with Gasteiger partial charge >= 0.3 is 0 Å². The molecule has 2 aromatic rings. The van der Waals surface area contributed by atoms with Crippen LogP contribution in [0.1, 0.15) is 25.0 Å². The van der Waals surface area contributed by atoms with Gasteiger partial charge in [0.05, 0.1) is 5.69 Å². The number of hydrogen-bond donors (Lipinski definition) is 1. The van der Waals surface area contributed by atoms with Crippen LogP contribution in [0, 0.1) is 11.3 Å². The highest BCUT2D eigenvalue weighted by Gasteiger charge is 2.30. The molecule has 5 nitrogen and oxygen atoms in total. The van der Waals surface area contributed by atoms with E-state index in [0.29, 0.717) is 10.9 Å². The van der Waals surface area contributed by atoms with Crippen LogP contribution in [0.25, 0.3) is 11.3 Å². The number of hydrogen-bond acceptors (Lipinski definition) is 5. The number of aromatic amines is 1. The van der Waals surface area contributed by atoms with Crippen LogP contribution in [-0.4, -0.2) is 21.8 Å². The predicted octanol–water partition coefficient (Wildman–Crippen LogP) is 2.74. The molecular weight excluding hydrogens is 298 g/mol. The summed E-state index contributed by atoms with van der Waals surface area (Å²) in [6.45, 7) is 4.06. The molecule has 0 bridgehead atoms. The smallest absolute Gasteiger partial charge is 0.270 e. The Hall–Kier alpha value is -2.26. The summed E-state index contributed by atoms with van der Waals surface area (Å²) in [5, 5.41) is 9.76. The summed E-state index contributed by atoms with van der Waals surface area (Å²) in [6, 6.07) is 7.62. The minimum atomic E-state index is -0.408. The summed E-state index contributed by atoms with van der Waals surface area (Å²) in [6.07, 6.45) is 2.61. The van der Waals surface area contributed by atoms with Crippen LogP contribution in [0.2, 0.25) is 0 Å². The van der Waals surface area contributed by atoms with Gasteiger partial charge in [0.25, 0.3) is 5.56 Å². The maximum absolute atomic E-state index is 12.0. The zero-order valence-corrected chi connectivity index (χ0v) is 13.4. The van der Waals surface area contributed by atoms with Gasteiger partial charge in [0.1, 0.15) is 23.0 Å². The van der Waals surface area contributed by atoms with Gasteiger partial charge in [-0.05, 0) is 43.9 Å². The number of benzene rings is 1. The molecule has 112 valence electrons. The molecular formula is C16H15N3O2S. The van der Waals surface area contributed by atoms with Gasteiger partial charge in [-0.1, -0.05) is 11.8 Å². The Morgan fingerprint density at radius 3 is 2.91 bits per heavy atom. The normalized spacial score (nSPS) is 15.0. The Bertz CT molecular complexity index is 849. The minimum Gasteiger partial charge on any atom is -0.487 e. The van der Waals surface area contributed by atoms with Crippen molar-refractivity contribution in [2.24, 2.45) is 0 Å². The third kappa shape index (κ3) is 2.48. The lowest BCUT2D eigenvalue weighted by Crippen LogP contribution is -2.24. The van der Waals surface area contributed by atoms with E-state index in [1.807, 2.05) is 44.4 Å². The molecule has 0 radical (unpaired) electrons. The lowest BCUT2D eigenvalue weighted by Gasteiger charge is -2.16. The Balaban J connectivity index is 2.16. The van der Waals surface area contributed by atoms with Crippen LogP contribution in [0.15, 0.2) is 28.2 Å². The third-order valence-corrected chi connectivity index (χ3v) is 4.12. The van der Waals surface area contributed by atoms with Crippen molar-refractivity contribution in [3.8, 4) is 23.1 Å². The van der Waals surface area contributed by atoms with E-state index >= 15 is 0 Å². The number of nitrogens with one attached hydrogen (secondary N) is 1. The fourth-order valence-corrected chi connectivity index (χ4v) is 3.00. The second-order valence-electron chi connectivity index (χ2n) is 5.77. The molecule has 0 fully saturated rings. The SMILES string of the molecule is CSc1nc(-c2ccc3c(c2)CC(C)(C)O3)c(C#N)c(=O)[nH]1. The maximum Gasteiger partial charge on any atom is 0.270 e. The molecule has 2 heterocycles. The van der Waals surface area contributed by atoms with E-state index in [1.54, 1.807) is 0 Å². The molecule has 0 saturated carbocycles. The van der Waals surface area contributed by atoms with Crippen LogP contribution in [0.5, 0.6) is 5.75 Å². The van der Waals surface area contributed by atoms with Gasteiger partial charge in [-0.2, -0.15) is 5.26 Å². The summed E-state index contributed by atoms with van der Waals surface area (Å²) in [5.74, 6) is 0.849. The molecule has 1 aromatic carbocycles. The van der Waals surface area contributed by atoms with Gasteiger partial charge in [-0.25, -0.2) is 4.98 Å². The highest BCUT2D eigenvalue weighted by molar-refractivity contribution is 7.98. The molecule has 1 aliphatic rings. The molecule has 1 aromatic heterocycles. The van der Waals surface area contributed by atoms with Crippen LogP contribution in [-0.2, 0) is 6.42 Å². The lowest BCUT2D eigenvalue weighted by atomic mass is 9.98. The molecule has 0 amide bonds. The summed E-state index contributed by atoms with van der Waals surface area (Å²) in [7, 11) is 0. The Kier molecular flexibility index (Phi) is 3.45. The Labute approximate surface area is 132 Å². The van der Waals surface area contributed by atoms with E-state index in [2.05, 4.69) is 9.97 Å². The summed E-state index contributed by atoms with van der Waals surface area (Å²) < 4.78 is 5.85. The van der Waals surface area contributed by atoms with Crippen molar-refractivity contribution in [3.63, 3.8) is 0 Å². The quantitative estimate of drug-likeness (QED) is 0.681. The fraction of sp³-hybridized carbons (Fsp3) is 0.312. The number of rotatable bonds is 2. The monoisotopic (exact) mass is 313 g/mol. The van der Waals surface area contributed by atoms with Crippen molar-refractivity contribution in [3.05, 3.63) is 39.7 Å². The van der Waals surface area contributed by atoms with E-state index in [4.69, 9.17) is 4.74 Å².